The molecule has 1 aliphatic carbocycles. The van der Waals surface area contributed by atoms with E-state index in [9.17, 15) is 18.0 Å². The number of nitrogens with one attached hydrogen (secondary N) is 1. The van der Waals surface area contributed by atoms with Crippen LogP contribution in [0.25, 0.3) is 0 Å². The van der Waals surface area contributed by atoms with Gasteiger partial charge in [0.05, 0.1) is 0 Å². The fourth-order valence-corrected chi connectivity index (χ4v) is 2.50. The Morgan fingerprint density at radius 3 is 2.37 bits per heavy atom. The summed E-state index contributed by atoms with van der Waals surface area (Å²) in [6.45, 7) is -1.30. The van der Waals surface area contributed by atoms with Gasteiger partial charge >= 0.3 is 6.18 Å². The lowest BCUT2D eigenvalue weighted by molar-refractivity contribution is -0.139. The first-order valence-corrected chi connectivity index (χ1v) is 6.32. The molecule has 1 aromatic rings. The van der Waals surface area contributed by atoms with Crippen molar-refractivity contribution in [2.24, 2.45) is 5.92 Å². The second-order valence-electron chi connectivity index (χ2n) is 4.48. The minimum Gasteiger partial charge on any atom is -0.347 e. The molecule has 19 heavy (non-hydrogen) atoms. The maximum absolute atomic E-state index is 12.0. The third-order valence-corrected chi connectivity index (χ3v) is 3.34. The minimum absolute atomic E-state index is 0.107. The van der Waals surface area contributed by atoms with Crippen LogP contribution in [0.1, 0.15) is 17.9 Å². The van der Waals surface area contributed by atoms with Gasteiger partial charge in [0.15, 0.2) is 0 Å². The van der Waals surface area contributed by atoms with Gasteiger partial charge in [-0.25, -0.2) is 0 Å². The van der Waals surface area contributed by atoms with Crippen LogP contribution in [0.4, 0.5) is 13.2 Å². The summed E-state index contributed by atoms with van der Waals surface area (Å²) >= 11 is 11.7. The number of hydrogen-bond acceptors (Lipinski definition) is 1. The van der Waals surface area contributed by atoms with E-state index >= 15 is 0 Å². The average Bonchev–Trinajstić information content (AvgIpc) is 3.03. The molecule has 2 nitrogen and oxygen atoms in total. The molecule has 1 aliphatic rings. The standard InChI is InChI=1S/C12H10Cl2F3NO/c13-7-1-6(2-8(14)3-7)9-4-10(9)11(19)18-5-12(15,16)17/h1-3,9-10H,4-5H2,(H,18,19)/t9-,10-/m1/s1. The number of hydrogen-bond donors (Lipinski definition) is 1. The first-order valence-electron chi connectivity index (χ1n) is 5.57. The molecule has 104 valence electrons. The van der Waals surface area contributed by atoms with Gasteiger partial charge in [0.2, 0.25) is 5.91 Å². The van der Waals surface area contributed by atoms with E-state index in [2.05, 4.69) is 0 Å². The zero-order valence-electron chi connectivity index (χ0n) is 9.60. The predicted molar refractivity (Wildman–Crippen MR) is 66.4 cm³/mol. The van der Waals surface area contributed by atoms with Crippen LogP contribution >= 0.6 is 23.2 Å². The van der Waals surface area contributed by atoms with E-state index in [4.69, 9.17) is 23.2 Å². The lowest BCUT2D eigenvalue weighted by atomic mass is 10.1. The minimum atomic E-state index is -4.39. The molecule has 0 saturated heterocycles. The molecule has 0 aromatic heterocycles. The maximum Gasteiger partial charge on any atom is 0.405 e. The summed E-state index contributed by atoms with van der Waals surface area (Å²) in [4.78, 5) is 11.5. The van der Waals surface area contributed by atoms with Crippen LogP contribution in [0, 0.1) is 5.92 Å². The number of rotatable bonds is 3. The summed E-state index contributed by atoms with van der Waals surface area (Å²) in [7, 11) is 0. The normalized spacial score (nSPS) is 22.2. The van der Waals surface area contributed by atoms with Crippen LogP contribution in [-0.2, 0) is 4.79 Å². The van der Waals surface area contributed by atoms with E-state index in [-0.39, 0.29) is 5.92 Å². The topological polar surface area (TPSA) is 29.1 Å². The van der Waals surface area contributed by atoms with Crippen molar-refractivity contribution in [3.63, 3.8) is 0 Å². The SMILES string of the molecule is O=C(NCC(F)(F)F)[C@@H]1C[C@@H]1c1cc(Cl)cc(Cl)c1. The summed E-state index contributed by atoms with van der Waals surface area (Å²) in [5.74, 6) is -1.13. The van der Waals surface area contributed by atoms with E-state index in [0.717, 1.165) is 5.56 Å². The van der Waals surface area contributed by atoms with Crippen molar-refractivity contribution in [3.05, 3.63) is 33.8 Å². The van der Waals surface area contributed by atoms with Crippen molar-refractivity contribution in [2.45, 2.75) is 18.5 Å². The molecule has 1 saturated carbocycles. The van der Waals surface area contributed by atoms with E-state index in [0.29, 0.717) is 16.5 Å². The molecule has 2 rings (SSSR count). The average molecular weight is 312 g/mol. The Labute approximate surface area is 117 Å². The Kier molecular flexibility index (Phi) is 3.97. The van der Waals surface area contributed by atoms with Gasteiger partial charge in [-0.3, -0.25) is 4.79 Å². The van der Waals surface area contributed by atoms with Crippen molar-refractivity contribution in [3.8, 4) is 0 Å². The molecule has 0 unspecified atom stereocenters. The third kappa shape index (κ3) is 4.01. The molecular weight excluding hydrogens is 302 g/mol. The van der Waals surface area contributed by atoms with Gasteiger partial charge in [-0.15, -0.1) is 0 Å². The van der Waals surface area contributed by atoms with Crippen LogP contribution in [-0.4, -0.2) is 18.6 Å². The molecule has 2 atom stereocenters. The highest BCUT2D eigenvalue weighted by Crippen LogP contribution is 2.48. The monoisotopic (exact) mass is 311 g/mol. The van der Waals surface area contributed by atoms with Crippen molar-refractivity contribution in [1.82, 2.24) is 5.32 Å². The van der Waals surface area contributed by atoms with Crippen LogP contribution in [0.15, 0.2) is 18.2 Å². The van der Waals surface area contributed by atoms with Gasteiger partial charge in [-0.2, -0.15) is 13.2 Å². The summed E-state index contributed by atoms with van der Waals surface area (Å²) in [6, 6.07) is 4.91. The molecular formula is C12H10Cl2F3NO. The quantitative estimate of drug-likeness (QED) is 0.904. The molecule has 1 aromatic carbocycles. The predicted octanol–water partition coefficient (Wildman–Crippen LogP) is 3.78. The van der Waals surface area contributed by atoms with E-state index in [1.807, 2.05) is 5.32 Å². The van der Waals surface area contributed by atoms with Gasteiger partial charge < -0.3 is 5.32 Å². The Bertz CT molecular complexity index is 484. The van der Waals surface area contributed by atoms with Crippen LogP contribution in [0.5, 0.6) is 0 Å². The van der Waals surface area contributed by atoms with E-state index in [1.54, 1.807) is 18.2 Å². The van der Waals surface area contributed by atoms with Gasteiger partial charge in [0.1, 0.15) is 6.54 Å². The Morgan fingerprint density at radius 1 is 1.26 bits per heavy atom. The second kappa shape index (κ2) is 5.21. The maximum atomic E-state index is 12.0. The number of benzene rings is 1. The fraction of sp³-hybridized carbons (Fsp3) is 0.417. The van der Waals surface area contributed by atoms with Gasteiger partial charge in [-0.05, 0) is 36.1 Å². The van der Waals surface area contributed by atoms with E-state index in [1.165, 1.54) is 0 Å². The summed E-state index contributed by atoms with van der Waals surface area (Å²) in [6.07, 6.45) is -3.88. The molecule has 0 radical (unpaired) electrons. The molecule has 1 fully saturated rings. The van der Waals surface area contributed by atoms with Crippen LogP contribution in [0.3, 0.4) is 0 Å². The number of alkyl halides is 3. The fourth-order valence-electron chi connectivity index (χ4n) is 1.96. The highest BCUT2D eigenvalue weighted by Gasteiger charge is 2.44. The van der Waals surface area contributed by atoms with Crippen molar-refractivity contribution < 1.29 is 18.0 Å². The van der Waals surface area contributed by atoms with Crippen LogP contribution in [0.2, 0.25) is 10.0 Å². The zero-order chi connectivity index (χ0) is 14.2. The Hall–Kier alpha value is -0.940. The van der Waals surface area contributed by atoms with Crippen molar-refractivity contribution in [2.75, 3.05) is 6.54 Å². The van der Waals surface area contributed by atoms with Gasteiger partial charge in [-0.1, -0.05) is 23.2 Å². The van der Waals surface area contributed by atoms with Crippen molar-refractivity contribution >= 4 is 29.1 Å². The molecule has 0 heterocycles. The molecule has 7 heteroatoms. The second-order valence-corrected chi connectivity index (χ2v) is 5.36. The number of amides is 1. The lowest BCUT2D eigenvalue weighted by Crippen LogP contribution is -2.34. The molecule has 0 aliphatic heterocycles. The Morgan fingerprint density at radius 2 is 1.84 bits per heavy atom. The summed E-state index contributed by atoms with van der Waals surface area (Å²) in [5, 5.41) is 2.78. The summed E-state index contributed by atoms with van der Waals surface area (Å²) < 4.78 is 35.9. The lowest BCUT2D eigenvalue weighted by Gasteiger charge is -2.08. The number of carbonyl (C=O) groups excluding carboxylic acids is 1. The molecule has 1 amide bonds. The molecule has 0 spiro atoms. The first-order chi connectivity index (χ1) is 8.76. The van der Waals surface area contributed by atoms with Gasteiger partial charge in [0.25, 0.3) is 0 Å². The highest BCUT2D eigenvalue weighted by molar-refractivity contribution is 6.34. The smallest absolute Gasteiger partial charge is 0.347 e. The van der Waals surface area contributed by atoms with Crippen molar-refractivity contribution in [1.29, 1.82) is 0 Å². The molecule has 1 N–H and O–H groups in total. The molecule has 0 bridgehead atoms. The largest absolute Gasteiger partial charge is 0.405 e. The van der Waals surface area contributed by atoms with E-state index < -0.39 is 24.5 Å². The summed E-state index contributed by atoms with van der Waals surface area (Å²) in [5.41, 5.74) is 0.782. The van der Waals surface area contributed by atoms with Gasteiger partial charge in [0, 0.05) is 16.0 Å². The highest BCUT2D eigenvalue weighted by atomic mass is 35.5. The third-order valence-electron chi connectivity index (χ3n) is 2.90. The zero-order valence-corrected chi connectivity index (χ0v) is 11.1. The number of halogens is 5. The number of carbonyl (C=O) groups is 1. The Balaban J connectivity index is 1.95. The van der Waals surface area contributed by atoms with Crippen LogP contribution < -0.4 is 5.32 Å². The first kappa shape index (κ1) is 14.5.